The number of thiazole rings is 1. The van der Waals surface area contributed by atoms with Crippen LogP contribution in [0, 0.1) is 13.8 Å². The van der Waals surface area contributed by atoms with Crippen molar-refractivity contribution < 1.29 is 5.11 Å². The molecule has 1 aromatic heterocycles. The third-order valence-corrected chi connectivity index (χ3v) is 4.41. The van der Waals surface area contributed by atoms with Gasteiger partial charge in [0.1, 0.15) is 5.01 Å². The summed E-state index contributed by atoms with van der Waals surface area (Å²) in [6.07, 6.45) is 4.20. The van der Waals surface area contributed by atoms with E-state index in [1.165, 1.54) is 4.88 Å². The van der Waals surface area contributed by atoms with Crippen molar-refractivity contribution in [3.63, 3.8) is 0 Å². The Bertz CT molecular complexity index is 336. The molecule has 0 radical (unpaired) electrons. The predicted octanol–water partition coefficient (Wildman–Crippen LogP) is 2.15. The Balaban J connectivity index is 1.79. The molecule has 0 amide bonds. The highest BCUT2D eigenvalue weighted by atomic mass is 32.1. The second-order valence-electron chi connectivity index (χ2n) is 4.78. The van der Waals surface area contributed by atoms with Gasteiger partial charge in [0, 0.05) is 18.0 Å². The van der Waals surface area contributed by atoms with Crippen molar-refractivity contribution in [2.45, 2.75) is 51.7 Å². The third-order valence-electron chi connectivity index (χ3n) is 3.34. The zero-order valence-corrected chi connectivity index (χ0v) is 10.9. The molecule has 1 aliphatic carbocycles. The minimum absolute atomic E-state index is 0.457. The smallest absolute Gasteiger partial charge is 0.107 e. The monoisotopic (exact) mass is 240 g/mol. The van der Waals surface area contributed by atoms with Crippen LogP contribution in [0.1, 0.15) is 41.3 Å². The van der Waals surface area contributed by atoms with Crippen molar-refractivity contribution in [1.29, 1.82) is 0 Å². The van der Waals surface area contributed by atoms with Crippen LogP contribution in [-0.4, -0.2) is 22.2 Å². The first-order chi connectivity index (χ1) is 7.59. The van der Waals surface area contributed by atoms with E-state index in [1.54, 1.807) is 11.3 Å². The summed E-state index contributed by atoms with van der Waals surface area (Å²) >= 11 is 1.74. The molecule has 0 aromatic carbocycles. The largest absolute Gasteiger partial charge is 0.389 e. The molecule has 1 aliphatic rings. The van der Waals surface area contributed by atoms with Crippen LogP contribution in [0.2, 0.25) is 0 Å². The summed E-state index contributed by atoms with van der Waals surface area (Å²) in [6, 6.07) is 0. The quantitative estimate of drug-likeness (QED) is 0.847. The first kappa shape index (κ1) is 12.0. The van der Waals surface area contributed by atoms with E-state index in [-0.39, 0.29) is 0 Å². The fourth-order valence-corrected chi connectivity index (χ4v) is 3.13. The van der Waals surface area contributed by atoms with Crippen molar-refractivity contribution in [3.8, 4) is 0 Å². The van der Waals surface area contributed by atoms with Crippen LogP contribution in [0.15, 0.2) is 0 Å². The topological polar surface area (TPSA) is 45.2 Å². The van der Waals surface area contributed by atoms with E-state index in [0.717, 1.165) is 42.9 Å². The summed E-state index contributed by atoms with van der Waals surface area (Å²) in [4.78, 5) is 5.76. The molecule has 90 valence electrons. The summed E-state index contributed by atoms with van der Waals surface area (Å²) in [5.41, 5.74) is 0.669. The number of aromatic nitrogens is 1. The molecule has 4 heteroatoms. The van der Waals surface area contributed by atoms with Gasteiger partial charge in [-0.2, -0.15) is 0 Å². The number of hydrogen-bond acceptors (Lipinski definition) is 4. The van der Waals surface area contributed by atoms with Gasteiger partial charge in [0.2, 0.25) is 0 Å². The first-order valence-corrected chi connectivity index (χ1v) is 6.77. The normalized spacial score (nSPS) is 19.2. The van der Waals surface area contributed by atoms with Gasteiger partial charge in [-0.25, -0.2) is 4.98 Å². The molecule has 3 nitrogen and oxygen atoms in total. The second kappa shape index (κ2) is 4.82. The number of nitrogens with one attached hydrogen (secondary N) is 1. The summed E-state index contributed by atoms with van der Waals surface area (Å²) < 4.78 is 0. The number of hydrogen-bond donors (Lipinski definition) is 2. The van der Waals surface area contributed by atoms with Crippen LogP contribution >= 0.6 is 11.3 Å². The molecule has 2 N–H and O–H groups in total. The van der Waals surface area contributed by atoms with Crippen LogP contribution in [0.5, 0.6) is 0 Å². The number of rotatable bonds is 4. The van der Waals surface area contributed by atoms with Crippen LogP contribution in [-0.2, 0) is 6.54 Å². The summed E-state index contributed by atoms with van der Waals surface area (Å²) in [6.45, 7) is 5.62. The van der Waals surface area contributed by atoms with Crippen molar-refractivity contribution in [2.75, 3.05) is 6.54 Å². The molecular weight excluding hydrogens is 220 g/mol. The minimum Gasteiger partial charge on any atom is -0.389 e. The van der Waals surface area contributed by atoms with Crippen LogP contribution in [0.3, 0.4) is 0 Å². The van der Waals surface area contributed by atoms with Gasteiger partial charge in [0.25, 0.3) is 0 Å². The summed E-state index contributed by atoms with van der Waals surface area (Å²) in [5.74, 6) is 0. The Morgan fingerprint density at radius 2 is 2.06 bits per heavy atom. The lowest BCUT2D eigenvalue weighted by Gasteiger charge is -2.21. The minimum atomic E-state index is -0.457. The Labute approximate surface area is 101 Å². The standard InChI is InChI=1S/C12H20N2OS/c1-9-10(2)16-11(14-9)7-13-8-12(15)5-3-4-6-12/h13,15H,3-8H2,1-2H3. The van der Waals surface area contributed by atoms with Gasteiger partial charge in [0.15, 0.2) is 0 Å². The van der Waals surface area contributed by atoms with E-state index in [0.29, 0.717) is 6.54 Å². The van der Waals surface area contributed by atoms with Crippen molar-refractivity contribution >= 4 is 11.3 Å². The number of aryl methyl sites for hydroxylation is 2. The van der Waals surface area contributed by atoms with Crippen molar-refractivity contribution in [1.82, 2.24) is 10.3 Å². The molecule has 0 saturated heterocycles. The lowest BCUT2D eigenvalue weighted by atomic mass is 10.0. The van der Waals surface area contributed by atoms with Gasteiger partial charge >= 0.3 is 0 Å². The first-order valence-electron chi connectivity index (χ1n) is 5.95. The predicted molar refractivity (Wildman–Crippen MR) is 66.7 cm³/mol. The van der Waals surface area contributed by atoms with Gasteiger partial charge in [0.05, 0.1) is 11.3 Å². The fourth-order valence-electron chi connectivity index (χ4n) is 2.23. The Hall–Kier alpha value is -0.450. The van der Waals surface area contributed by atoms with Gasteiger partial charge in [-0.3, -0.25) is 0 Å². The second-order valence-corrected chi connectivity index (χ2v) is 6.07. The highest BCUT2D eigenvalue weighted by Crippen LogP contribution is 2.28. The number of aliphatic hydroxyl groups is 1. The average molecular weight is 240 g/mol. The third kappa shape index (κ3) is 2.81. The molecule has 1 aromatic rings. The average Bonchev–Trinajstić information content (AvgIpc) is 2.76. The maximum absolute atomic E-state index is 10.1. The fraction of sp³-hybridized carbons (Fsp3) is 0.750. The molecule has 16 heavy (non-hydrogen) atoms. The Kier molecular flexibility index (Phi) is 3.62. The summed E-state index contributed by atoms with van der Waals surface area (Å²) in [5, 5.41) is 14.6. The molecule has 1 fully saturated rings. The Morgan fingerprint density at radius 1 is 1.38 bits per heavy atom. The zero-order chi connectivity index (χ0) is 11.6. The van der Waals surface area contributed by atoms with E-state index in [4.69, 9.17) is 0 Å². The van der Waals surface area contributed by atoms with E-state index < -0.39 is 5.60 Å². The SMILES string of the molecule is Cc1nc(CNCC2(O)CCCC2)sc1C. The maximum atomic E-state index is 10.1. The highest BCUT2D eigenvalue weighted by molar-refractivity contribution is 7.11. The van der Waals surface area contributed by atoms with Crippen LogP contribution in [0.4, 0.5) is 0 Å². The van der Waals surface area contributed by atoms with Crippen LogP contribution in [0.25, 0.3) is 0 Å². The Morgan fingerprint density at radius 3 is 2.62 bits per heavy atom. The van der Waals surface area contributed by atoms with E-state index in [2.05, 4.69) is 17.2 Å². The van der Waals surface area contributed by atoms with E-state index in [9.17, 15) is 5.11 Å². The van der Waals surface area contributed by atoms with Crippen molar-refractivity contribution in [2.24, 2.45) is 0 Å². The van der Waals surface area contributed by atoms with Gasteiger partial charge in [-0.15, -0.1) is 11.3 Å². The molecular formula is C12H20N2OS. The van der Waals surface area contributed by atoms with Gasteiger partial charge < -0.3 is 10.4 Å². The molecule has 1 heterocycles. The molecule has 0 atom stereocenters. The molecule has 2 rings (SSSR count). The molecule has 0 bridgehead atoms. The molecule has 0 aliphatic heterocycles. The highest BCUT2D eigenvalue weighted by Gasteiger charge is 2.30. The number of nitrogens with zero attached hydrogens (tertiary/aromatic N) is 1. The van der Waals surface area contributed by atoms with Crippen molar-refractivity contribution in [3.05, 3.63) is 15.6 Å². The lowest BCUT2D eigenvalue weighted by Crippen LogP contribution is -2.37. The van der Waals surface area contributed by atoms with E-state index in [1.807, 2.05) is 6.92 Å². The molecule has 0 spiro atoms. The van der Waals surface area contributed by atoms with Crippen LogP contribution < -0.4 is 5.32 Å². The summed E-state index contributed by atoms with van der Waals surface area (Å²) in [7, 11) is 0. The van der Waals surface area contributed by atoms with Gasteiger partial charge in [-0.1, -0.05) is 12.8 Å². The van der Waals surface area contributed by atoms with Gasteiger partial charge in [-0.05, 0) is 26.7 Å². The molecule has 0 unspecified atom stereocenters. The van der Waals surface area contributed by atoms with E-state index >= 15 is 0 Å². The maximum Gasteiger partial charge on any atom is 0.107 e. The molecule has 1 saturated carbocycles. The lowest BCUT2D eigenvalue weighted by molar-refractivity contribution is 0.0475. The zero-order valence-electron chi connectivity index (χ0n) is 10.0.